The van der Waals surface area contributed by atoms with E-state index in [0.717, 1.165) is 12.0 Å². The van der Waals surface area contributed by atoms with Crippen LogP contribution < -0.4 is 4.74 Å². The molecule has 88 valence electrons. The summed E-state index contributed by atoms with van der Waals surface area (Å²) < 4.78 is 19.0. The molecule has 1 aliphatic carbocycles. The topological polar surface area (TPSA) is 9.23 Å². The van der Waals surface area contributed by atoms with Crippen LogP contribution in [-0.2, 0) is 0 Å². The van der Waals surface area contributed by atoms with Gasteiger partial charge in [-0.1, -0.05) is 19.9 Å². The smallest absolute Gasteiger partial charge is 0.130 e. The van der Waals surface area contributed by atoms with Crippen LogP contribution in [0.2, 0.25) is 0 Å². The van der Waals surface area contributed by atoms with E-state index in [2.05, 4.69) is 13.8 Å². The molecule has 1 saturated carbocycles. The van der Waals surface area contributed by atoms with Gasteiger partial charge in [0.05, 0.1) is 7.11 Å². The van der Waals surface area contributed by atoms with Crippen molar-refractivity contribution in [2.24, 2.45) is 11.8 Å². The van der Waals surface area contributed by atoms with Gasteiger partial charge in [0, 0.05) is 5.56 Å². The summed E-state index contributed by atoms with van der Waals surface area (Å²) in [5, 5.41) is 0. The molecular weight excluding hydrogens is 203 g/mol. The van der Waals surface area contributed by atoms with Crippen molar-refractivity contribution in [3.8, 4) is 5.75 Å². The maximum Gasteiger partial charge on any atom is 0.130 e. The SMILES string of the molecule is COc1cccc(F)c1C1CC1CC(C)C. The molecule has 2 unspecified atom stereocenters. The van der Waals surface area contributed by atoms with Gasteiger partial charge < -0.3 is 4.74 Å². The summed E-state index contributed by atoms with van der Waals surface area (Å²) in [5.74, 6) is 2.30. The average Bonchev–Trinajstić information content (AvgIpc) is 2.95. The van der Waals surface area contributed by atoms with Crippen LogP contribution in [0.4, 0.5) is 4.39 Å². The van der Waals surface area contributed by atoms with Gasteiger partial charge in [0.25, 0.3) is 0 Å². The van der Waals surface area contributed by atoms with E-state index in [1.807, 2.05) is 6.07 Å². The van der Waals surface area contributed by atoms with Crippen molar-refractivity contribution >= 4 is 0 Å². The van der Waals surface area contributed by atoms with E-state index in [4.69, 9.17) is 4.74 Å². The summed E-state index contributed by atoms with van der Waals surface area (Å²) in [4.78, 5) is 0. The predicted octanol–water partition coefficient (Wildman–Crippen LogP) is 3.98. The monoisotopic (exact) mass is 222 g/mol. The third-order valence-corrected chi connectivity index (χ3v) is 3.30. The van der Waals surface area contributed by atoms with Crippen LogP contribution in [0.3, 0.4) is 0 Å². The molecule has 1 aromatic carbocycles. The zero-order valence-corrected chi connectivity index (χ0v) is 10.2. The number of ether oxygens (including phenoxy) is 1. The fraction of sp³-hybridized carbons (Fsp3) is 0.571. The Balaban J connectivity index is 2.16. The molecule has 0 N–H and O–H groups in total. The van der Waals surface area contributed by atoms with Crippen molar-refractivity contribution in [1.29, 1.82) is 0 Å². The van der Waals surface area contributed by atoms with Crippen LogP contribution in [0.1, 0.15) is 38.2 Å². The summed E-state index contributed by atoms with van der Waals surface area (Å²) in [5.41, 5.74) is 0.788. The molecule has 0 heterocycles. The lowest BCUT2D eigenvalue weighted by atomic mass is 10.0. The molecule has 2 atom stereocenters. The molecule has 0 saturated heterocycles. The van der Waals surface area contributed by atoms with Crippen molar-refractivity contribution in [2.75, 3.05) is 7.11 Å². The zero-order valence-electron chi connectivity index (χ0n) is 10.2. The quantitative estimate of drug-likeness (QED) is 0.748. The molecule has 0 radical (unpaired) electrons. The Morgan fingerprint density at radius 2 is 2.19 bits per heavy atom. The van der Waals surface area contributed by atoms with Crippen molar-refractivity contribution in [3.05, 3.63) is 29.6 Å². The molecule has 0 aliphatic heterocycles. The molecule has 2 rings (SSSR count). The Hall–Kier alpha value is -1.05. The summed E-state index contributed by atoms with van der Waals surface area (Å²) in [6.07, 6.45) is 2.29. The largest absolute Gasteiger partial charge is 0.496 e. The fourth-order valence-electron chi connectivity index (χ4n) is 2.52. The Morgan fingerprint density at radius 1 is 1.44 bits per heavy atom. The van der Waals surface area contributed by atoms with E-state index in [9.17, 15) is 4.39 Å². The van der Waals surface area contributed by atoms with Crippen LogP contribution in [0.5, 0.6) is 5.75 Å². The Bertz CT molecular complexity index is 373. The second kappa shape index (κ2) is 4.44. The summed E-state index contributed by atoms with van der Waals surface area (Å²) in [6, 6.07) is 5.09. The molecule has 2 heteroatoms. The first-order chi connectivity index (χ1) is 7.63. The Labute approximate surface area is 96.6 Å². The first kappa shape index (κ1) is 11.4. The first-order valence-corrected chi connectivity index (χ1v) is 5.96. The molecule has 16 heavy (non-hydrogen) atoms. The molecule has 1 aliphatic rings. The minimum absolute atomic E-state index is 0.115. The summed E-state index contributed by atoms with van der Waals surface area (Å²) in [7, 11) is 1.61. The molecule has 1 fully saturated rings. The number of benzene rings is 1. The van der Waals surface area contributed by atoms with E-state index >= 15 is 0 Å². The van der Waals surface area contributed by atoms with Crippen LogP contribution in [-0.4, -0.2) is 7.11 Å². The Kier molecular flexibility index (Phi) is 3.17. The number of hydrogen-bond donors (Lipinski definition) is 0. The molecular formula is C14H19FO. The lowest BCUT2D eigenvalue weighted by Crippen LogP contribution is -1.97. The van der Waals surface area contributed by atoms with Gasteiger partial charge in [-0.05, 0) is 42.7 Å². The minimum atomic E-state index is -0.115. The fourth-order valence-corrected chi connectivity index (χ4v) is 2.52. The van der Waals surface area contributed by atoms with Crippen LogP contribution >= 0.6 is 0 Å². The van der Waals surface area contributed by atoms with E-state index in [1.54, 1.807) is 13.2 Å². The second-order valence-electron chi connectivity index (χ2n) is 5.09. The predicted molar refractivity (Wildman–Crippen MR) is 63.3 cm³/mol. The van der Waals surface area contributed by atoms with Crippen molar-refractivity contribution in [3.63, 3.8) is 0 Å². The second-order valence-corrected chi connectivity index (χ2v) is 5.09. The lowest BCUT2D eigenvalue weighted by Gasteiger charge is -2.09. The molecule has 0 bridgehead atoms. The standard InChI is InChI=1S/C14H19FO/c1-9(2)7-10-8-11(10)14-12(15)5-4-6-13(14)16-3/h4-6,9-11H,7-8H2,1-3H3. The third-order valence-electron chi connectivity index (χ3n) is 3.30. The van der Waals surface area contributed by atoms with Crippen molar-refractivity contribution in [2.45, 2.75) is 32.6 Å². The van der Waals surface area contributed by atoms with Gasteiger partial charge in [0.1, 0.15) is 11.6 Å². The first-order valence-electron chi connectivity index (χ1n) is 5.96. The number of methoxy groups -OCH3 is 1. The number of rotatable bonds is 4. The van der Waals surface area contributed by atoms with Gasteiger partial charge in [0.15, 0.2) is 0 Å². The highest BCUT2D eigenvalue weighted by molar-refractivity contribution is 5.40. The minimum Gasteiger partial charge on any atom is -0.496 e. The highest BCUT2D eigenvalue weighted by Crippen LogP contribution is 2.53. The zero-order chi connectivity index (χ0) is 11.7. The van der Waals surface area contributed by atoms with Gasteiger partial charge >= 0.3 is 0 Å². The highest BCUT2D eigenvalue weighted by atomic mass is 19.1. The highest BCUT2D eigenvalue weighted by Gasteiger charge is 2.41. The third kappa shape index (κ3) is 2.21. The van der Waals surface area contributed by atoms with Gasteiger partial charge in [-0.25, -0.2) is 4.39 Å². The van der Waals surface area contributed by atoms with Crippen LogP contribution in [0, 0.1) is 17.7 Å². The van der Waals surface area contributed by atoms with Gasteiger partial charge in [-0.2, -0.15) is 0 Å². The molecule has 0 spiro atoms. The van der Waals surface area contributed by atoms with Gasteiger partial charge in [-0.15, -0.1) is 0 Å². The molecule has 0 aromatic heterocycles. The van der Waals surface area contributed by atoms with Crippen molar-refractivity contribution in [1.82, 2.24) is 0 Å². The van der Waals surface area contributed by atoms with Gasteiger partial charge in [-0.3, -0.25) is 0 Å². The number of halogens is 1. The molecule has 0 amide bonds. The lowest BCUT2D eigenvalue weighted by molar-refractivity contribution is 0.402. The normalized spacial score (nSPS) is 23.6. The van der Waals surface area contributed by atoms with E-state index < -0.39 is 0 Å². The molecule has 1 nitrogen and oxygen atoms in total. The average molecular weight is 222 g/mol. The van der Waals surface area contributed by atoms with Crippen LogP contribution in [0.25, 0.3) is 0 Å². The van der Waals surface area contributed by atoms with Crippen molar-refractivity contribution < 1.29 is 9.13 Å². The van der Waals surface area contributed by atoms with E-state index in [1.165, 1.54) is 12.5 Å². The maximum absolute atomic E-state index is 13.8. The van der Waals surface area contributed by atoms with E-state index in [-0.39, 0.29) is 5.82 Å². The number of hydrogen-bond acceptors (Lipinski definition) is 1. The summed E-state index contributed by atoms with van der Waals surface area (Å²) in [6.45, 7) is 4.43. The van der Waals surface area contributed by atoms with Crippen LogP contribution in [0.15, 0.2) is 18.2 Å². The summed E-state index contributed by atoms with van der Waals surface area (Å²) >= 11 is 0. The maximum atomic E-state index is 13.8. The van der Waals surface area contributed by atoms with Gasteiger partial charge in [0.2, 0.25) is 0 Å². The van der Waals surface area contributed by atoms with E-state index in [0.29, 0.717) is 23.5 Å². The Morgan fingerprint density at radius 3 is 2.81 bits per heavy atom. The molecule has 1 aromatic rings.